The van der Waals surface area contributed by atoms with E-state index in [1.54, 1.807) is 57.2 Å². The first kappa shape index (κ1) is 33.2. The molecule has 0 fully saturated rings. The number of hydrogen-bond acceptors (Lipinski definition) is 5. The van der Waals surface area contributed by atoms with E-state index < -0.39 is 29.7 Å². The number of phenolic OH excluding ortho intramolecular Hbond substituents is 1. The molecule has 2 aromatic carbocycles. The summed E-state index contributed by atoms with van der Waals surface area (Å²) < 4.78 is 5.48. The Morgan fingerprint density at radius 3 is 2.27 bits per heavy atom. The number of unbranched alkanes of at least 4 members (excludes halogenated alkanes) is 3. The van der Waals surface area contributed by atoms with Crippen LogP contribution in [0, 0.1) is 12.3 Å². The quantitative estimate of drug-likeness (QED) is 0.208. The summed E-state index contributed by atoms with van der Waals surface area (Å²) in [5, 5.41) is 15.5. The van der Waals surface area contributed by atoms with Gasteiger partial charge in [0.2, 0.25) is 11.8 Å². The third-order valence-corrected chi connectivity index (χ3v) is 6.45. The molecule has 8 heteroatoms. The Kier molecular flexibility index (Phi) is 13.2. The lowest BCUT2D eigenvalue weighted by atomic mass is 9.96. The van der Waals surface area contributed by atoms with Crippen LogP contribution in [0.4, 0.5) is 4.79 Å². The van der Waals surface area contributed by atoms with Crippen LogP contribution in [0.15, 0.2) is 48.5 Å². The summed E-state index contributed by atoms with van der Waals surface area (Å²) >= 11 is 0. The number of nitrogens with zero attached hydrogens (tertiary/aromatic N) is 1. The van der Waals surface area contributed by atoms with Crippen LogP contribution in [0.1, 0.15) is 89.5 Å². The number of rotatable bonds is 14. The highest BCUT2D eigenvalue weighted by molar-refractivity contribution is 5.92. The molecule has 0 spiro atoms. The van der Waals surface area contributed by atoms with Gasteiger partial charge in [-0.05, 0) is 62.9 Å². The lowest BCUT2D eigenvalue weighted by Gasteiger charge is -2.35. The van der Waals surface area contributed by atoms with Crippen molar-refractivity contribution >= 4 is 17.9 Å². The minimum absolute atomic E-state index is 0.0904. The van der Waals surface area contributed by atoms with Crippen molar-refractivity contribution in [1.29, 1.82) is 0 Å². The van der Waals surface area contributed by atoms with Crippen LogP contribution < -0.4 is 10.6 Å². The van der Waals surface area contributed by atoms with Gasteiger partial charge in [0.25, 0.3) is 0 Å². The molecule has 0 radical (unpaired) electrons. The molecule has 222 valence electrons. The zero-order valence-electron chi connectivity index (χ0n) is 25.0. The Balaban J connectivity index is 2.59. The van der Waals surface area contributed by atoms with E-state index in [-0.39, 0.29) is 18.1 Å². The lowest BCUT2D eigenvalue weighted by molar-refractivity contribution is -0.142. The molecule has 0 aromatic heterocycles. The first-order chi connectivity index (χ1) is 19.5. The van der Waals surface area contributed by atoms with E-state index in [1.165, 1.54) is 17.0 Å². The maximum atomic E-state index is 14.4. The van der Waals surface area contributed by atoms with Crippen molar-refractivity contribution in [2.75, 3.05) is 13.1 Å². The monoisotopic (exact) mass is 563 g/mol. The van der Waals surface area contributed by atoms with Crippen molar-refractivity contribution in [3.05, 3.63) is 65.2 Å². The minimum Gasteiger partial charge on any atom is -0.508 e. The fourth-order valence-electron chi connectivity index (χ4n) is 4.42. The van der Waals surface area contributed by atoms with Crippen LogP contribution in [0.2, 0.25) is 0 Å². The Morgan fingerprint density at radius 2 is 1.66 bits per heavy atom. The molecule has 0 saturated heterocycles. The highest BCUT2D eigenvalue weighted by Gasteiger charge is 2.37. The number of carbonyl (C=O) groups is 3. The van der Waals surface area contributed by atoms with Crippen molar-refractivity contribution in [3.8, 4) is 18.1 Å². The van der Waals surface area contributed by atoms with Crippen LogP contribution in [0.5, 0.6) is 5.75 Å². The van der Waals surface area contributed by atoms with E-state index in [1.807, 2.05) is 6.92 Å². The van der Waals surface area contributed by atoms with E-state index in [0.29, 0.717) is 30.6 Å². The van der Waals surface area contributed by atoms with Crippen molar-refractivity contribution < 1.29 is 24.2 Å². The van der Waals surface area contributed by atoms with Crippen LogP contribution >= 0.6 is 0 Å². The number of hydrogen-bond donors (Lipinski definition) is 3. The largest absolute Gasteiger partial charge is 0.508 e. The number of benzene rings is 2. The third-order valence-electron chi connectivity index (χ3n) is 6.45. The molecule has 2 unspecified atom stereocenters. The average molecular weight is 564 g/mol. The van der Waals surface area contributed by atoms with Crippen LogP contribution in [-0.2, 0) is 20.7 Å². The molecule has 0 aliphatic rings. The fraction of sp³-hybridized carbons (Fsp3) is 0.485. The predicted molar refractivity (Wildman–Crippen MR) is 161 cm³/mol. The second-order valence-corrected chi connectivity index (χ2v) is 11.1. The summed E-state index contributed by atoms with van der Waals surface area (Å²) in [6.07, 6.45) is 9.35. The molecule has 0 aliphatic heterocycles. The molecule has 3 amide bonds. The maximum Gasteiger partial charge on any atom is 0.408 e. The Hall–Kier alpha value is -3.99. The van der Waals surface area contributed by atoms with Gasteiger partial charge in [-0.25, -0.2) is 4.79 Å². The number of ether oxygens (including phenoxy) is 1. The summed E-state index contributed by atoms with van der Waals surface area (Å²) in [4.78, 5) is 42.7. The number of alkyl carbamates (subject to hydrolysis) is 1. The van der Waals surface area contributed by atoms with Gasteiger partial charge in [-0.1, -0.05) is 69.4 Å². The van der Waals surface area contributed by atoms with Gasteiger partial charge in [0.05, 0.1) is 0 Å². The van der Waals surface area contributed by atoms with Crippen molar-refractivity contribution in [3.63, 3.8) is 0 Å². The summed E-state index contributed by atoms with van der Waals surface area (Å²) in [5.41, 5.74) is 1.02. The van der Waals surface area contributed by atoms with Gasteiger partial charge in [0.1, 0.15) is 23.4 Å². The number of nitrogens with one attached hydrogen (secondary N) is 2. The van der Waals surface area contributed by atoms with Gasteiger partial charge in [0, 0.05) is 25.1 Å². The standard InChI is InChI=1S/C33H45N3O5/c1-7-10-14-22-36(29(30(38)34-21-11-8-2)27-16-13-12-15-25(27)9-3)31(39)28(35-32(40)41-33(4,5)6)23-24-17-19-26(37)20-18-24/h3,12-13,15-20,28-29,37H,7-8,10-11,14,21-23H2,1-2,4-6H3,(H,34,38)(H,35,40). The second-order valence-electron chi connectivity index (χ2n) is 11.1. The topological polar surface area (TPSA) is 108 Å². The molecule has 41 heavy (non-hydrogen) atoms. The number of terminal acetylenes is 1. The lowest BCUT2D eigenvalue weighted by Crippen LogP contribution is -2.54. The summed E-state index contributed by atoms with van der Waals surface area (Å²) in [6.45, 7) is 10.1. The van der Waals surface area contributed by atoms with E-state index >= 15 is 0 Å². The van der Waals surface area contributed by atoms with E-state index in [9.17, 15) is 19.5 Å². The van der Waals surface area contributed by atoms with Gasteiger partial charge < -0.3 is 25.4 Å². The number of amides is 3. The molecule has 0 heterocycles. The van der Waals surface area contributed by atoms with Crippen LogP contribution in [0.25, 0.3) is 0 Å². The molecular formula is C33H45N3O5. The fourth-order valence-corrected chi connectivity index (χ4v) is 4.42. The normalized spacial score (nSPS) is 12.5. The first-order valence-corrected chi connectivity index (χ1v) is 14.4. The molecule has 2 atom stereocenters. The summed E-state index contributed by atoms with van der Waals surface area (Å²) in [5.74, 6) is 2.00. The average Bonchev–Trinajstić information content (AvgIpc) is 2.92. The van der Waals surface area contributed by atoms with Crippen molar-refractivity contribution in [2.45, 2.75) is 90.8 Å². The molecule has 0 bridgehead atoms. The Labute approximate surface area is 244 Å². The molecule has 2 rings (SSSR count). The Morgan fingerprint density at radius 1 is 1.00 bits per heavy atom. The molecule has 3 N–H and O–H groups in total. The zero-order chi connectivity index (χ0) is 30.4. The zero-order valence-corrected chi connectivity index (χ0v) is 25.0. The van der Waals surface area contributed by atoms with Gasteiger partial charge in [0.15, 0.2) is 0 Å². The number of aromatic hydroxyl groups is 1. The SMILES string of the molecule is C#Cc1ccccc1C(C(=O)NCCCC)N(CCCCC)C(=O)C(Cc1ccc(O)cc1)NC(=O)OC(C)(C)C. The predicted octanol–water partition coefficient (Wildman–Crippen LogP) is 5.49. The highest BCUT2D eigenvalue weighted by Crippen LogP contribution is 2.27. The van der Waals surface area contributed by atoms with E-state index in [2.05, 4.69) is 23.5 Å². The molecule has 8 nitrogen and oxygen atoms in total. The van der Waals surface area contributed by atoms with Crippen LogP contribution in [0.3, 0.4) is 0 Å². The molecule has 0 saturated carbocycles. The molecular weight excluding hydrogens is 518 g/mol. The van der Waals surface area contributed by atoms with Gasteiger partial charge in [-0.3, -0.25) is 9.59 Å². The summed E-state index contributed by atoms with van der Waals surface area (Å²) in [7, 11) is 0. The highest BCUT2D eigenvalue weighted by atomic mass is 16.6. The van der Waals surface area contributed by atoms with Gasteiger partial charge in [-0.15, -0.1) is 6.42 Å². The third kappa shape index (κ3) is 10.8. The minimum atomic E-state index is -1.04. The number of carbonyl (C=O) groups excluding carboxylic acids is 3. The smallest absolute Gasteiger partial charge is 0.408 e. The van der Waals surface area contributed by atoms with E-state index in [0.717, 1.165) is 31.2 Å². The maximum absolute atomic E-state index is 14.4. The van der Waals surface area contributed by atoms with Crippen molar-refractivity contribution in [1.82, 2.24) is 15.5 Å². The van der Waals surface area contributed by atoms with E-state index in [4.69, 9.17) is 11.2 Å². The molecule has 0 aliphatic carbocycles. The van der Waals surface area contributed by atoms with Gasteiger partial charge >= 0.3 is 6.09 Å². The molecule has 2 aromatic rings. The first-order valence-electron chi connectivity index (χ1n) is 14.4. The van der Waals surface area contributed by atoms with Crippen molar-refractivity contribution in [2.24, 2.45) is 0 Å². The Bertz CT molecular complexity index is 1180. The number of phenols is 1. The second kappa shape index (κ2) is 16.3. The summed E-state index contributed by atoms with van der Waals surface area (Å²) in [6, 6.07) is 11.5. The van der Waals surface area contributed by atoms with Gasteiger partial charge in [-0.2, -0.15) is 0 Å². The van der Waals surface area contributed by atoms with Crippen LogP contribution in [-0.4, -0.2) is 52.6 Å².